The van der Waals surface area contributed by atoms with Crippen molar-refractivity contribution in [3.63, 3.8) is 0 Å². The summed E-state index contributed by atoms with van der Waals surface area (Å²) in [6, 6.07) is 12.0. The number of nitrogens with one attached hydrogen (secondary N) is 1. The van der Waals surface area contributed by atoms with Crippen LogP contribution in [0, 0.1) is 6.92 Å². The molecule has 8 nitrogen and oxygen atoms in total. The van der Waals surface area contributed by atoms with Crippen molar-refractivity contribution in [3.8, 4) is 0 Å². The first-order valence-corrected chi connectivity index (χ1v) is 8.87. The number of hydrogen-bond acceptors (Lipinski definition) is 5. The Morgan fingerprint density at radius 2 is 1.97 bits per heavy atom. The van der Waals surface area contributed by atoms with Crippen LogP contribution in [0.5, 0.6) is 0 Å². The molecular formula is C18H14ClF2N7O. The lowest BCUT2D eigenvalue weighted by molar-refractivity contribution is 0.0868. The van der Waals surface area contributed by atoms with Crippen molar-refractivity contribution < 1.29 is 13.6 Å². The predicted molar refractivity (Wildman–Crippen MR) is 101 cm³/mol. The number of anilines is 1. The average molecular weight is 418 g/mol. The maximum absolute atomic E-state index is 13.7. The van der Waals surface area contributed by atoms with Gasteiger partial charge >= 0.3 is 5.38 Å². The van der Waals surface area contributed by atoms with Gasteiger partial charge in [-0.2, -0.15) is 13.9 Å². The first-order chi connectivity index (χ1) is 13.8. The minimum absolute atomic E-state index is 0.0648. The zero-order valence-corrected chi connectivity index (χ0v) is 15.8. The van der Waals surface area contributed by atoms with E-state index in [1.54, 1.807) is 11.6 Å². The molecule has 3 heterocycles. The first kappa shape index (κ1) is 18.9. The molecule has 1 amide bonds. The van der Waals surface area contributed by atoms with Gasteiger partial charge in [-0.15, -0.1) is 5.10 Å². The van der Waals surface area contributed by atoms with Crippen molar-refractivity contribution in [3.05, 3.63) is 71.4 Å². The van der Waals surface area contributed by atoms with Gasteiger partial charge in [0.25, 0.3) is 5.91 Å². The van der Waals surface area contributed by atoms with Crippen LogP contribution < -0.4 is 5.32 Å². The van der Waals surface area contributed by atoms with Crippen LogP contribution in [0.15, 0.2) is 48.8 Å². The van der Waals surface area contributed by atoms with Crippen LogP contribution in [0.3, 0.4) is 0 Å². The lowest BCUT2D eigenvalue weighted by atomic mass is 10.2. The van der Waals surface area contributed by atoms with Gasteiger partial charge in [0.2, 0.25) is 5.95 Å². The van der Waals surface area contributed by atoms with E-state index in [4.69, 9.17) is 11.6 Å². The molecule has 4 aromatic rings. The Labute approximate surface area is 168 Å². The summed E-state index contributed by atoms with van der Waals surface area (Å²) >= 11 is 5.15. The number of fused-ring (bicyclic) bond motifs is 1. The van der Waals surface area contributed by atoms with Crippen LogP contribution in [0.2, 0.25) is 0 Å². The van der Waals surface area contributed by atoms with E-state index < -0.39 is 17.0 Å². The molecule has 0 atom stereocenters. The quantitative estimate of drug-likeness (QED) is 0.503. The zero-order valence-electron chi connectivity index (χ0n) is 15.1. The molecule has 0 saturated heterocycles. The van der Waals surface area contributed by atoms with E-state index in [1.807, 2.05) is 30.3 Å². The first-order valence-electron chi connectivity index (χ1n) is 8.49. The maximum atomic E-state index is 13.7. The fourth-order valence-corrected chi connectivity index (χ4v) is 2.91. The molecule has 0 unspecified atom stereocenters. The van der Waals surface area contributed by atoms with Crippen LogP contribution >= 0.6 is 11.6 Å². The number of hydrogen-bond donors (Lipinski definition) is 1. The van der Waals surface area contributed by atoms with Crippen molar-refractivity contribution in [1.29, 1.82) is 0 Å². The summed E-state index contributed by atoms with van der Waals surface area (Å²) < 4.78 is 29.7. The van der Waals surface area contributed by atoms with Crippen molar-refractivity contribution in [2.75, 3.05) is 5.32 Å². The second-order valence-corrected chi connectivity index (χ2v) is 6.76. The highest BCUT2D eigenvalue weighted by Gasteiger charge is 2.32. The summed E-state index contributed by atoms with van der Waals surface area (Å²) in [5, 5.41) is 6.91. The summed E-state index contributed by atoms with van der Waals surface area (Å²) in [5.41, 5.74) is 0.719. The van der Waals surface area contributed by atoms with E-state index in [0.717, 1.165) is 16.1 Å². The number of carbonyl (C=O) groups is 1. The summed E-state index contributed by atoms with van der Waals surface area (Å²) in [4.78, 5) is 20.6. The SMILES string of the molecule is Cc1cc(C(F)(F)Cl)n2nc(C(=O)Nc3ncn(Cc4ccccc4)n3)cc2n1. The van der Waals surface area contributed by atoms with Crippen molar-refractivity contribution in [1.82, 2.24) is 29.4 Å². The Bertz CT molecular complexity index is 1180. The van der Waals surface area contributed by atoms with Gasteiger partial charge in [-0.25, -0.2) is 19.2 Å². The number of halogens is 3. The smallest absolute Gasteiger partial charge is 0.288 e. The highest BCUT2D eigenvalue weighted by molar-refractivity contribution is 6.21. The van der Waals surface area contributed by atoms with Gasteiger partial charge in [0.05, 0.1) is 6.54 Å². The average Bonchev–Trinajstić information content (AvgIpc) is 3.27. The van der Waals surface area contributed by atoms with Crippen LogP contribution in [-0.4, -0.2) is 35.3 Å². The van der Waals surface area contributed by atoms with Crippen molar-refractivity contribution >= 4 is 29.1 Å². The van der Waals surface area contributed by atoms with Crippen LogP contribution in [0.25, 0.3) is 5.65 Å². The highest BCUT2D eigenvalue weighted by Crippen LogP contribution is 2.32. The summed E-state index contributed by atoms with van der Waals surface area (Å²) in [7, 11) is 0. The van der Waals surface area contributed by atoms with E-state index in [9.17, 15) is 13.6 Å². The molecular weight excluding hydrogens is 404 g/mol. The van der Waals surface area contributed by atoms with Gasteiger partial charge in [0, 0.05) is 11.8 Å². The summed E-state index contributed by atoms with van der Waals surface area (Å²) in [5.74, 6) is -0.593. The van der Waals surface area contributed by atoms with E-state index in [-0.39, 0.29) is 17.3 Å². The maximum Gasteiger partial charge on any atom is 0.364 e. The molecule has 0 bridgehead atoms. The highest BCUT2D eigenvalue weighted by atomic mass is 35.5. The van der Waals surface area contributed by atoms with Crippen LogP contribution in [-0.2, 0) is 11.9 Å². The Balaban J connectivity index is 1.55. The number of benzene rings is 1. The normalized spacial score (nSPS) is 11.7. The predicted octanol–water partition coefficient (Wildman–Crippen LogP) is 3.22. The summed E-state index contributed by atoms with van der Waals surface area (Å²) in [6.07, 6.45) is 1.48. The molecule has 0 spiro atoms. The van der Waals surface area contributed by atoms with E-state index in [0.29, 0.717) is 12.2 Å². The lowest BCUT2D eigenvalue weighted by Gasteiger charge is -2.10. The standard InChI is InChI=1S/C18H14ClF2N7O/c1-11-7-14(18(19,20)21)28-15(23-11)8-13(25-28)16(29)24-17-22-10-27(26-17)9-12-5-3-2-4-6-12/h2-8,10H,9H2,1H3,(H,24,26,29). The van der Waals surface area contributed by atoms with Gasteiger partial charge in [-0.1, -0.05) is 30.3 Å². The van der Waals surface area contributed by atoms with Gasteiger partial charge in [-0.3, -0.25) is 10.1 Å². The molecule has 0 aliphatic carbocycles. The monoisotopic (exact) mass is 417 g/mol. The fraction of sp³-hybridized carbons (Fsp3) is 0.167. The minimum Gasteiger partial charge on any atom is -0.288 e. The van der Waals surface area contributed by atoms with Gasteiger partial charge in [-0.05, 0) is 30.2 Å². The van der Waals surface area contributed by atoms with Crippen LogP contribution in [0.1, 0.15) is 27.4 Å². The number of alkyl halides is 3. The molecule has 11 heteroatoms. The van der Waals surface area contributed by atoms with E-state index >= 15 is 0 Å². The molecule has 0 aliphatic heterocycles. The molecule has 0 radical (unpaired) electrons. The number of carbonyl (C=O) groups excluding carboxylic acids is 1. The largest absolute Gasteiger partial charge is 0.364 e. The number of nitrogens with zero attached hydrogens (tertiary/aromatic N) is 6. The number of amides is 1. The van der Waals surface area contributed by atoms with Gasteiger partial charge in [0.15, 0.2) is 11.3 Å². The Kier molecular flexibility index (Phi) is 4.71. The second-order valence-electron chi connectivity index (χ2n) is 6.29. The third kappa shape index (κ3) is 4.06. The molecule has 1 aromatic carbocycles. The van der Waals surface area contributed by atoms with Crippen molar-refractivity contribution in [2.45, 2.75) is 18.9 Å². The Hall–Kier alpha value is -3.40. The molecule has 1 N–H and O–H groups in total. The number of aryl methyl sites for hydroxylation is 1. The third-order valence-corrected chi connectivity index (χ3v) is 4.22. The number of aromatic nitrogens is 6. The topological polar surface area (TPSA) is 90.0 Å². The molecule has 3 aromatic heterocycles. The molecule has 0 aliphatic rings. The lowest BCUT2D eigenvalue weighted by Crippen LogP contribution is -2.16. The fourth-order valence-electron chi connectivity index (χ4n) is 2.78. The molecule has 0 saturated carbocycles. The summed E-state index contributed by atoms with van der Waals surface area (Å²) in [6.45, 7) is 2.03. The molecule has 148 valence electrons. The molecule has 29 heavy (non-hydrogen) atoms. The third-order valence-electron chi connectivity index (χ3n) is 4.03. The van der Waals surface area contributed by atoms with Gasteiger partial charge < -0.3 is 0 Å². The zero-order chi connectivity index (χ0) is 20.6. The molecule has 4 rings (SSSR count). The van der Waals surface area contributed by atoms with Crippen LogP contribution in [0.4, 0.5) is 14.7 Å². The Morgan fingerprint density at radius 3 is 2.69 bits per heavy atom. The van der Waals surface area contributed by atoms with Crippen molar-refractivity contribution in [2.24, 2.45) is 0 Å². The molecule has 0 fully saturated rings. The van der Waals surface area contributed by atoms with E-state index in [2.05, 4.69) is 25.5 Å². The second kappa shape index (κ2) is 7.21. The van der Waals surface area contributed by atoms with E-state index in [1.165, 1.54) is 12.4 Å². The Morgan fingerprint density at radius 1 is 1.21 bits per heavy atom. The van der Waals surface area contributed by atoms with Gasteiger partial charge in [0.1, 0.15) is 12.0 Å². The number of rotatable bonds is 5. The minimum atomic E-state index is -3.66.